The molecule has 16 fully saturated rings. The third-order valence-corrected chi connectivity index (χ3v) is 29.6. The minimum atomic E-state index is -0.507. The topological polar surface area (TPSA) is 132 Å². The Kier molecular flexibility index (Phi) is 20.8. The van der Waals surface area contributed by atoms with Gasteiger partial charge in [0.05, 0.1) is 21.7 Å². The molecule has 87 heavy (non-hydrogen) atoms. The summed E-state index contributed by atoms with van der Waals surface area (Å²) in [6.07, 6.45) is 33.8. The second-order valence-corrected chi connectivity index (χ2v) is 34.2. The summed E-state index contributed by atoms with van der Waals surface area (Å²) >= 11 is 0. The van der Waals surface area contributed by atoms with Crippen molar-refractivity contribution in [2.24, 2.45) is 122 Å². The monoisotopic (exact) mass is 1210 g/mol. The van der Waals surface area contributed by atoms with Gasteiger partial charge in [0.1, 0.15) is 22.4 Å². The number of hydrogen-bond acceptors (Lipinski definition) is 10. The quantitative estimate of drug-likeness (QED) is 0.0857. The third kappa shape index (κ3) is 12.8. The second-order valence-electron chi connectivity index (χ2n) is 34.2. The fraction of sp³-hybridized carbons (Fsp3) is 0.935. The van der Waals surface area contributed by atoms with E-state index in [1.54, 1.807) is 0 Å². The van der Waals surface area contributed by atoms with E-state index in [0.29, 0.717) is 66.1 Å². The number of hydrogen-bond donors (Lipinski definition) is 0. The number of carbonyl (C=O) groups excluding carboxylic acids is 5. The summed E-state index contributed by atoms with van der Waals surface area (Å²) in [4.78, 5) is 63.1. The zero-order valence-corrected chi connectivity index (χ0v) is 58.6. The molecule has 16 aliphatic carbocycles. The zero-order chi connectivity index (χ0) is 63.5. The molecule has 16 rings (SSSR count). The number of esters is 5. The molecule has 0 spiro atoms. The third-order valence-electron chi connectivity index (χ3n) is 29.6. The molecule has 0 saturated heterocycles. The van der Waals surface area contributed by atoms with Crippen LogP contribution in [0.4, 0.5) is 0 Å². The molecule has 0 aromatic rings. The summed E-state index contributed by atoms with van der Waals surface area (Å²) in [7, 11) is 0. The van der Waals surface area contributed by atoms with Crippen LogP contribution in [-0.2, 0) is 47.7 Å². The molecule has 0 heterocycles. The predicted molar refractivity (Wildman–Crippen MR) is 346 cm³/mol. The van der Waals surface area contributed by atoms with E-state index in [2.05, 4.69) is 96.9 Å². The molecule has 0 radical (unpaired) electrons. The summed E-state index contributed by atoms with van der Waals surface area (Å²) < 4.78 is 30.3. The Labute approximate surface area is 530 Å². The first-order valence-electron chi connectivity index (χ1n) is 37.1. The van der Waals surface area contributed by atoms with E-state index in [1.807, 2.05) is 20.8 Å². The molecule has 16 aliphatic rings. The second kappa shape index (κ2) is 26.4. The normalized spacial score (nSPS) is 40.3. The van der Waals surface area contributed by atoms with Crippen LogP contribution in [0.15, 0.2) is 0 Å². The molecule has 10 nitrogen and oxygen atoms in total. The van der Waals surface area contributed by atoms with Gasteiger partial charge in [-0.05, 0) is 328 Å². The zero-order valence-electron chi connectivity index (χ0n) is 58.6. The summed E-state index contributed by atoms with van der Waals surface area (Å²) in [5.41, 5.74) is -2.23. The van der Waals surface area contributed by atoms with Crippen LogP contribution < -0.4 is 0 Å². The molecular formula is C77H128O10. The Morgan fingerprint density at radius 1 is 0.345 bits per heavy atom. The van der Waals surface area contributed by atoms with E-state index >= 15 is 0 Å². The van der Waals surface area contributed by atoms with Gasteiger partial charge in [-0.25, -0.2) is 4.79 Å². The van der Waals surface area contributed by atoms with Crippen LogP contribution in [0.5, 0.6) is 0 Å². The van der Waals surface area contributed by atoms with Crippen LogP contribution in [0.25, 0.3) is 0 Å². The lowest BCUT2D eigenvalue weighted by Gasteiger charge is -2.62. The molecule has 0 amide bonds. The highest BCUT2D eigenvalue weighted by molar-refractivity contribution is 5.80. The molecular weight excluding hydrogens is 1080 g/mol. The maximum Gasteiger partial charge on any atom is 0.344 e. The first-order valence-corrected chi connectivity index (χ1v) is 37.1. The van der Waals surface area contributed by atoms with Crippen molar-refractivity contribution in [2.75, 3.05) is 6.61 Å². The molecule has 0 aromatic heterocycles. The standard InChI is InChI=1S/C20H32O4.C20H34O2.C19H32O2.C18H30O2/c1-5-19(3,6-2)18(22)23-12-17(21)24-20(4)15-8-13-7-14(10-15)11-16(20)9-13;1-6-19(5,7-2)18(21)22-20(13(3)4)16-9-14-8-15(11-16)12-17(20)10-14;1-5-18(4,6-2)17(20)21-19(7-3)15-9-13-8-14(11-15)12-16(19)10-13;1-5-17(3,6-2)16(19)20-18(4)14-8-12-7-13(10-14)11-15(18)9-12/h13-16H,5-12H2,1-4H3;13-17H,6-12H2,1-5H3;13-16H,5-12H2,1-4H3;12-15H,5-11H2,1-4H3. The minimum Gasteiger partial charge on any atom is -0.458 e. The van der Waals surface area contributed by atoms with E-state index in [9.17, 15) is 24.0 Å². The minimum absolute atomic E-state index is 0.0532. The van der Waals surface area contributed by atoms with E-state index in [-0.39, 0.29) is 75.1 Å². The van der Waals surface area contributed by atoms with Gasteiger partial charge in [-0.1, -0.05) is 76.2 Å². The van der Waals surface area contributed by atoms with Gasteiger partial charge >= 0.3 is 29.8 Å². The van der Waals surface area contributed by atoms with E-state index < -0.39 is 5.41 Å². The Morgan fingerprint density at radius 2 is 0.598 bits per heavy atom. The van der Waals surface area contributed by atoms with E-state index in [1.165, 1.54) is 128 Å². The molecule has 0 aromatic carbocycles. The van der Waals surface area contributed by atoms with Gasteiger partial charge in [0, 0.05) is 0 Å². The van der Waals surface area contributed by atoms with Crippen molar-refractivity contribution in [1.82, 2.24) is 0 Å². The smallest absolute Gasteiger partial charge is 0.344 e. The molecule has 16 bridgehead atoms. The Morgan fingerprint density at radius 3 is 0.885 bits per heavy atom. The van der Waals surface area contributed by atoms with Gasteiger partial charge in [0.25, 0.3) is 0 Å². The van der Waals surface area contributed by atoms with Gasteiger partial charge < -0.3 is 23.7 Å². The maximum atomic E-state index is 13.0. The maximum absolute atomic E-state index is 13.0. The summed E-state index contributed by atoms with van der Waals surface area (Å²) in [5.74, 6) is 11.9. The van der Waals surface area contributed by atoms with Crippen molar-refractivity contribution in [2.45, 2.75) is 326 Å². The molecule has 0 atom stereocenters. The number of ether oxygens (including phenoxy) is 5. The highest BCUT2D eigenvalue weighted by Crippen LogP contribution is 2.65. The predicted octanol–water partition coefficient (Wildman–Crippen LogP) is 18.9. The van der Waals surface area contributed by atoms with Crippen LogP contribution in [0.1, 0.15) is 304 Å². The molecule has 0 unspecified atom stereocenters. The van der Waals surface area contributed by atoms with Crippen molar-refractivity contribution < 1.29 is 47.7 Å². The lowest BCUT2D eigenvalue weighted by atomic mass is 9.47. The number of carbonyl (C=O) groups is 5. The van der Waals surface area contributed by atoms with Gasteiger partial charge in [0.2, 0.25) is 0 Å². The van der Waals surface area contributed by atoms with Crippen molar-refractivity contribution in [1.29, 1.82) is 0 Å². The van der Waals surface area contributed by atoms with Gasteiger partial charge in [0.15, 0.2) is 6.61 Å². The summed E-state index contributed by atoms with van der Waals surface area (Å²) in [5, 5.41) is 0. The SMILES string of the molecule is CCC(C)(CC)C(=O)OC1(C(C)C)C2CC3CC(C2)CC1C3.CCC(C)(CC)C(=O)OC1(C)C2CC3CC(C2)CC1C3.CCC(C)(CC)C(=O)OC1(CC)C2CC3CC(C2)CC1C3.CCC(C)(CC)C(=O)OCC(=O)OC1(C)C2CC3CC(C2)CC1C3. The van der Waals surface area contributed by atoms with Crippen LogP contribution in [-0.4, -0.2) is 58.9 Å². The van der Waals surface area contributed by atoms with E-state index in [4.69, 9.17) is 23.7 Å². The van der Waals surface area contributed by atoms with Crippen LogP contribution in [0.3, 0.4) is 0 Å². The van der Waals surface area contributed by atoms with Crippen molar-refractivity contribution in [3.05, 3.63) is 0 Å². The number of rotatable bonds is 20. The molecule has 0 N–H and O–H groups in total. The Balaban J connectivity index is 0.000000139. The average Bonchev–Trinajstić information content (AvgIpc) is 0.784. The lowest BCUT2D eigenvalue weighted by molar-refractivity contribution is -0.232. The van der Waals surface area contributed by atoms with Crippen LogP contribution >= 0.6 is 0 Å². The lowest BCUT2D eigenvalue weighted by Crippen LogP contribution is -2.63. The first-order chi connectivity index (χ1) is 41.0. The van der Waals surface area contributed by atoms with Crippen molar-refractivity contribution >= 4 is 29.8 Å². The fourth-order valence-electron chi connectivity index (χ4n) is 22.2. The highest BCUT2D eigenvalue weighted by Gasteiger charge is 2.64. The largest absolute Gasteiger partial charge is 0.458 e. The van der Waals surface area contributed by atoms with Crippen molar-refractivity contribution in [3.8, 4) is 0 Å². The van der Waals surface area contributed by atoms with Crippen LogP contribution in [0.2, 0.25) is 0 Å². The Bertz CT molecular complexity index is 2280. The molecule has 0 aliphatic heterocycles. The summed E-state index contributed by atoms with van der Waals surface area (Å²) in [6.45, 7) is 35.6. The van der Waals surface area contributed by atoms with E-state index in [0.717, 1.165) is 92.3 Å². The Hall–Kier alpha value is -2.65. The van der Waals surface area contributed by atoms with Gasteiger partial charge in [-0.2, -0.15) is 0 Å². The van der Waals surface area contributed by atoms with Gasteiger partial charge in [-0.3, -0.25) is 19.2 Å². The molecule has 496 valence electrons. The van der Waals surface area contributed by atoms with Crippen molar-refractivity contribution in [3.63, 3.8) is 0 Å². The fourth-order valence-corrected chi connectivity index (χ4v) is 22.2. The highest BCUT2D eigenvalue weighted by atomic mass is 16.6. The average molecular weight is 1210 g/mol. The van der Waals surface area contributed by atoms with Crippen LogP contribution in [0, 0.1) is 122 Å². The molecule has 16 saturated carbocycles. The first kappa shape index (κ1) is 68.7. The van der Waals surface area contributed by atoms with Gasteiger partial charge in [-0.15, -0.1) is 0 Å². The summed E-state index contributed by atoms with van der Waals surface area (Å²) in [6, 6.07) is 0. The molecule has 10 heteroatoms.